The van der Waals surface area contributed by atoms with Gasteiger partial charge in [0.15, 0.2) is 0 Å². The number of para-hydroxylation sites is 2. The Morgan fingerprint density at radius 3 is 2.38 bits per heavy atom. The summed E-state index contributed by atoms with van der Waals surface area (Å²) in [6.45, 7) is 0.851. The van der Waals surface area contributed by atoms with E-state index in [0.29, 0.717) is 24.1 Å². The summed E-state index contributed by atoms with van der Waals surface area (Å²) in [5, 5.41) is 7.75. The van der Waals surface area contributed by atoms with Crippen LogP contribution in [0.4, 0.5) is 0 Å². The highest BCUT2D eigenvalue weighted by atomic mass is 16.2. The van der Waals surface area contributed by atoms with Gasteiger partial charge in [0.05, 0.1) is 29.5 Å². The molecule has 168 valence electrons. The van der Waals surface area contributed by atoms with Crippen LogP contribution in [0, 0.1) is 0 Å². The van der Waals surface area contributed by atoms with Gasteiger partial charge < -0.3 is 5.32 Å². The van der Waals surface area contributed by atoms with Crippen molar-refractivity contribution in [3.8, 4) is 11.3 Å². The number of benzene rings is 3. The number of nitrogens with zero attached hydrogens (tertiary/aromatic N) is 4. The van der Waals surface area contributed by atoms with Gasteiger partial charge in [0.2, 0.25) is 5.91 Å². The number of amides is 1. The molecule has 2 aromatic heterocycles. The van der Waals surface area contributed by atoms with Gasteiger partial charge in [-0.3, -0.25) is 18.8 Å². The van der Waals surface area contributed by atoms with E-state index in [1.165, 1.54) is 10.8 Å². The Labute approximate surface area is 196 Å². The SMILES string of the molecule is O=C(Cn1c(=O)cnc2ccccc21)NCc1cn(Cc2ccccc2)nc1-c1ccccc1. The minimum atomic E-state index is -0.311. The third kappa shape index (κ3) is 4.63. The van der Waals surface area contributed by atoms with E-state index in [1.807, 2.05) is 77.6 Å². The molecule has 0 atom stereocenters. The summed E-state index contributed by atoms with van der Waals surface area (Å²) in [5.41, 5.74) is 4.84. The smallest absolute Gasteiger partial charge is 0.269 e. The molecule has 34 heavy (non-hydrogen) atoms. The van der Waals surface area contributed by atoms with Crippen LogP contribution in [0.1, 0.15) is 11.1 Å². The Bertz CT molecular complexity index is 1490. The number of rotatable bonds is 7. The Morgan fingerprint density at radius 1 is 0.882 bits per heavy atom. The van der Waals surface area contributed by atoms with Crippen molar-refractivity contribution in [3.05, 3.63) is 119 Å². The zero-order chi connectivity index (χ0) is 23.3. The van der Waals surface area contributed by atoms with Crippen molar-refractivity contribution >= 4 is 16.9 Å². The Balaban J connectivity index is 1.37. The van der Waals surface area contributed by atoms with E-state index in [4.69, 9.17) is 5.10 Å². The van der Waals surface area contributed by atoms with Crippen LogP contribution >= 0.6 is 0 Å². The molecule has 7 nitrogen and oxygen atoms in total. The van der Waals surface area contributed by atoms with E-state index in [9.17, 15) is 9.59 Å². The van der Waals surface area contributed by atoms with Crippen LogP contribution in [-0.2, 0) is 24.4 Å². The summed E-state index contributed by atoms with van der Waals surface area (Å²) in [6, 6.07) is 27.3. The van der Waals surface area contributed by atoms with Crippen LogP contribution in [0.5, 0.6) is 0 Å². The van der Waals surface area contributed by atoms with Crippen molar-refractivity contribution in [3.63, 3.8) is 0 Å². The maximum absolute atomic E-state index is 12.8. The molecule has 2 heterocycles. The molecule has 0 fully saturated rings. The molecular weight excluding hydrogens is 426 g/mol. The van der Waals surface area contributed by atoms with Gasteiger partial charge in [0, 0.05) is 23.9 Å². The molecule has 0 radical (unpaired) electrons. The lowest BCUT2D eigenvalue weighted by Gasteiger charge is -2.10. The number of hydrogen-bond acceptors (Lipinski definition) is 4. The minimum Gasteiger partial charge on any atom is -0.350 e. The summed E-state index contributed by atoms with van der Waals surface area (Å²) in [7, 11) is 0. The molecule has 0 saturated carbocycles. The topological polar surface area (TPSA) is 81.8 Å². The lowest BCUT2D eigenvalue weighted by atomic mass is 10.1. The van der Waals surface area contributed by atoms with Gasteiger partial charge in [-0.25, -0.2) is 4.98 Å². The number of carbonyl (C=O) groups excluding carboxylic acids is 1. The van der Waals surface area contributed by atoms with Crippen LogP contribution in [0.15, 0.2) is 102 Å². The first kappa shape index (κ1) is 21.3. The van der Waals surface area contributed by atoms with Crippen molar-refractivity contribution in [1.82, 2.24) is 24.6 Å². The van der Waals surface area contributed by atoms with Crippen molar-refractivity contribution < 1.29 is 4.79 Å². The van der Waals surface area contributed by atoms with Crippen LogP contribution in [0.2, 0.25) is 0 Å². The fourth-order valence-corrected chi connectivity index (χ4v) is 3.95. The minimum absolute atomic E-state index is 0.0826. The number of hydrogen-bond donors (Lipinski definition) is 1. The lowest BCUT2D eigenvalue weighted by molar-refractivity contribution is -0.121. The molecule has 3 aromatic carbocycles. The fraction of sp³-hybridized carbons (Fsp3) is 0.111. The van der Waals surface area contributed by atoms with Crippen molar-refractivity contribution in [2.45, 2.75) is 19.6 Å². The number of aromatic nitrogens is 4. The molecular formula is C27H23N5O2. The first-order valence-electron chi connectivity index (χ1n) is 11.0. The molecule has 0 bridgehead atoms. The zero-order valence-electron chi connectivity index (χ0n) is 18.5. The molecule has 0 spiro atoms. The Kier molecular flexibility index (Phi) is 5.99. The highest BCUT2D eigenvalue weighted by molar-refractivity contribution is 5.80. The normalized spacial score (nSPS) is 10.9. The summed E-state index contributed by atoms with van der Waals surface area (Å²) in [5.74, 6) is -0.256. The first-order chi connectivity index (χ1) is 16.7. The molecule has 1 amide bonds. The van der Waals surface area contributed by atoms with E-state index in [2.05, 4.69) is 22.4 Å². The van der Waals surface area contributed by atoms with Gasteiger partial charge in [0.25, 0.3) is 5.56 Å². The lowest BCUT2D eigenvalue weighted by Crippen LogP contribution is -2.32. The second-order valence-corrected chi connectivity index (χ2v) is 8.00. The van der Waals surface area contributed by atoms with E-state index < -0.39 is 0 Å². The first-order valence-corrected chi connectivity index (χ1v) is 11.0. The largest absolute Gasteiger partial charge is 0.350 e. The van der Waals surface area contributed by atoms with E-state index in [-0.39, 0.29) is 18.0 Å². The van der Waals surface area contributed by atoms with Crippen LogP contribution < -0.4 is 10.9 Å². The standard InChI is InChI=1S/C27H23N5O2/c33-25(19-32-24-14-8-7-13-23(24)28-16-26(32)34)29-15-22-18-31(17-20-9-3-1-4-10-20)30-27(22)21-11-5-2-6-12-21/h1-14,16,18H,15,17,19H2,(H,29,33). The van der Waals surface area contributed by atoms with Crippen molar-refractivity contribution in [2.75, 3.05) is 0 Å². The average Bonchev–Trinajstić information content (AvgIpc) is 3.28. The molecule has 5 aromatic rings. The highest BCUT2D eigenvalue weighted by Gasteiger charge is 2.14. The van der Waals surface area contributed by atoms with Gasteiger partial charge in [-0.1, -0.05) is 72.8 Å². The fourth-order valence-electron chi connectivity index (χ4n) is 3.95. The van der Waals surface area contributed by atoms with Gasteiger partial charge >= 0.3 is 0 Å². The monoisotopic (exact) mass is 449 g/mol. The second kappa shape index (κ2) is 9.54. The summed E-state index contributed by atoms with van der Waals surface area (Å²) >= 11 is 0. The summed E-state index contributed by atoms with van der Waals surface area (Å²) in [4.78, 5) is 29.3. The molecule has 5 rings (SSSR count). The average molecular weight is 450 g/mol. The van der Waals surface area contributed by atoms with Gasteiger partial charge in [-0.2, -0.15) is 5.10 Å². The number of nitrogens with one attached hydrogen (secondary N) is 1. The summed E-state index contributed by atoms with van der Waals surface area (Å²) < 4.78 is 3.33. The third-order valence-electron chi connectivity index (χ3n) is 5.60. The Hall–Kier alpha value is -4.52. The summed E-state index contributed by atoms with van der Waals surface area (Å²) in [6.07, 6.45) is 3.21. The molecule has 1 N–H and O–H groups in total. The predicted molar refractivity (Wildman–Crippen MR) is 131 cm³/mol. The van der Waals surface area contributed by atoms with Crippen molar-refractivity contribution in [2.24, 2.45) is 0 Å². The quantitative estimate of drug-likeness (QED) is 0.411. The van der Waals surface area contributed by atoms with Gasteiger partial charge in [0.1, 0.15) is 6.54 Å². The maximum atomic E-state index is 12.8. The Morgan fingerprint density at radius 2 is 1.59 bits per heavy atom. The predicted octanol–water partition coefficient (Wildman–Crippen LogP) is 3.62. The highest BCUT2D eigenvalue weighted by Crippen LogP contribution is 2.22. The van der Waals surface area contributed by atoms with Gasteiger partial charge in [-0.15, -0.1) is 0 Å². The van der Waals surface area contributed by atoms with Crippen LogP contribution in [0.3, 0.4) is 0 Å². The maximum Gasteiger partial charge on any atom is 0.269 e. The molecule has 0 aliphatic rings. The molecule has 0 aliphatic carbocycles. The molecule has 0 unspecified atom stereocenters. The van der Waals surface area contributed by atoms with E-state index in [0.717, 1.165) is 22.4 Å². The third-order valence-corrected chi connectivity index (χ3v) is 5.60. The van der Waals surface area contributed by atoms with Crippen molar-refractivity contribution in [1.29, 1.82) is 0 Å². The van der Waals surface area contributed by atoms with E-state index >= 15 is 0 Å². The number of fused-ring (bicyclic) bond motifs is 1. The van der Waals surface area contributed by atoms with Gasteiger partial charge in [-0.05, 0) is 17.7 Å². The zero-order valence-corrected chi connectivity index (χ0v) is 18.5. The van der Waals surface area contributed by atoms with Crippen LogP contribution in [0.25, 0.3) is 22.3 Å². The van der Waals surface area contributed by atoms with E-state index in [1.54, 1.807) is 6.07 Å². The molecule has 0 saturated heterocycles. The molecule has 7 heteroatoms. The second-order valence-electron chi connectivity index (χ2n) is 8.00. The van der Waals surface area contributed by atoms with Crippen LogP contribution in [-0.4, -0.2) is 25.2 Å². The molecule has 0 aliphatic heterocycles. The number of carbonyl (C=O) groups is 1.